The molecule has 1 saturated carbocycles. The lowest BCUT2D eigenvalue weighted by molar-refractivity contribution is -0.149. The maximum absolute atomic E-state index is 12.6. The molecule has 0 unspecified atom stereocenters. The lowest BCUT2D eigenvalue weighted by atomic mass is 9.86. The first kappa shape index (κ1) is 17.7. The molecule has 2 atom stereocenters. The molecule has 0 spiro atoms. The van der Waals surface area contributed by atoms with Gasteiger partial charge in [0.1, 0.15) is 5.75 Å². The van der Waals surface area contributed by atoms with E-state index in [0.29, 0.717) is 26.1 Å². The normalized spacial score (nSPS) is 24.3. The van der Waals surface area contributed by atoms with E-state index in [-0.39, 0.29) is 30.4 Å². The van der Waals surface area contributed by atoms with Crippen molar-refractivity contribution in [2.24, 2.45) is 5.92 Å². The summed E-state index contributed by atoms with van der Waals surface area (Å²) < 4.78 is 5.14. The molecule has 2 aliphatic rings. The number of aliphatic hydroxyl groups is 1. The van der Waals surface area contributed by atoms with E-state index in [2.05, 4.69) is 0 Å². The highest BCUT2D eigenvalue weighted by atomic mass is 16.5. The molecule has 25 heavy (non-hydrogen) atoms. The highest BCUT2D eigenvalue weighted by molar-refractivity contribution is 5.87. The first-order chi connectivity index (χ1) is 12.1. The predicted octanol–water partition coefficient (Wildman–Crippen LogP) is 1.42. The Morgan fingerprint density at radius 1 is 1.24 bits per heavy atom. The Bertz CT molecular complexity index is 616. The third-order valence-electron chi connectivity index (χ3n) is 5.16. The number of aliphatic hydroxyl groups excluding tert-OH is 1. The van der Waals surface area contributed by atoms with Gasteiger partial charge in [0.05, 0.1) is 19.8 Å². The van der Waals surface area contributed by atoms with Gasteiger partial charge in [-0.25, -0.2) is 0 Å². The van der Waals surface area contributed by atoms with E-state index in [9.17, 15) is 14.7 Å². The molecule has 0 radical (unpaired) electrons. The number of hydrogen-bond acceptors (Lipinski definition) is 4. The molecule has 2 amide bonds. The molecule has 1 aromatic rings. The fraction of sp³-hybridized carbons (Fsp3) is 0.579. The number of carbonyl (C=O) groups is 2. The molecule has 1 aromatic carbocycles. The second kappa shape index (κ2) is 7.87. The zero-order valence-electron chi connectivity index (χ0n) is 14.7. The summed E-state index contributed by atoms with van der Waals surface area (Å²) in [4.78, 5) is 28.5. The molecule has 1 aliphatic heterocycles. The van der Waals surface area contributed by atoms with Crippen LogP contribution in [0.4, 0.5) is 0 Å². The van der Waals surface area contributed by atoms with Crippen molar-refractivity contribution in [2.45, 2.75) is 38.3 Å². The average molecular weight is 346 g/mol. The minimum Gasteiger partial charge on any atom is -0.497 e. The Labute approximate surface area is 148 Å². The summed E-state index contributed by atoms with van der Waals surface area (Å²) in [7, 11) is 1.63. The standard InChI is InChI=1S/C19H26N2O4/c1-25-17-7-5-14(6-8-17)12-20-9-10-21(13-18(20)23)19(24)15-3-2-4-16(22)11-15/h5-8,15-16,22H,2-4,9-13H2,1H3/t15-,16+/m0/s1. The van der Waals surface area contributed by atoms with Crippen LogP contribution in [0.5, 0.6) is 5.75 Å². The quantitative estimate of drug-likeness (QED) is 0.895. The highest BCUT2D eigenvalue weighted by Crippen LogP contribution is 2.26. The van der Waals surface area contributed by atoms with Crippen molar-refractivity contribution >= 4 is 11.8 Å². The van der Waals surface area contributed by atoms with Crippen LogP contribution in [0, 0.1) is 5.92 Å². The molecule has 3 rings (SSSR count). The number of methoxy groups -OCH3 is 1. The number of nitrogens with zero attached hydrogens (tertiary/aromatic N) is 2. The van der Waals surface area contributed by atoms with Gasteiger partial charge in [-0.15, -0.1) is 0 Å². The zero-order valence-corrected chi connectivity index (χ0v) is 14.7. The van der Waals surface area contributed by atoms with Gasteiger partial charge >= 0.3 is 0 Å². The van der Waals surface area contributed by atoms with E-state index in [0.717, 1.165) is 30.6 Å². The summed E-state index contributed by atoms with van der Waals surface area (Å²) >= 11 is 0. The van der Waals surface area contributed by atoms with E-state index in [4.69, 9.17) is 4.74 Å². The van der Waals surface area contributed by atoms with Crippen LogP contribution in [0.15, 0.2) is 24.3 Å². The molecule has 6 nitrogen and oxygen atoms in total. The van der Waals surface area contributed by atoms with E-state index >= 15 is 0 Å². The largest absolute Gasteiger partial charge is 0.497 e. The fourth-order valence-corrected chi connectivity index (χ4v) is 3.66. The first-order valence-corrected chi connectivity index (χ1v) is 8.94. The number of benzene rings is 1. The van der Waals surface area contributed by atoms with Crippen LogP contribution in [0.2, 0.25) is 0 Å². The van der Waals surface area contributed by atoms with Crippen LogP contribution in [-0.4, -0.2) is 59.6 Å². The molecule has 1 heterocycles. The number of rotatable bonds is 4. The molecule has 0 bridgehead atoms. The van der Waals surface area contributed by atoms with Gasteiger partial charge in [0, 0.05) is 25.6 Å². The minimum atomic E-state index is -0.380. The number of carbonyl (C=O) groups excluding carboxylic acids is 2. The second-order valence-electron chi connectivity index (χ2n) is 6.94. The average Bonchev–Trinajstić information content (AvgIpc) is 2.63. The molecule has 1 saturated heterocycles. The maximum atomic E-state index is 12.6. The SMILES string of the molecule is COc1ccc(CN2CCN(C(=O)[C@H]3CCC[C@@H](O)C3)CC2=O)cc1. The number of piperazine rings is 1. The highest BCUT2D eigenvalue weighted by Gasteiger charge is 2.33. The van der Waals surface area contributed by atoms with Crippen molar-refractivity contribution in [3.8, 4) is 5.75 Å². The molecular weight excluding hydrogens is 320 g/mol. The molecular formula is C19H26N2O4. The predicted molar refractivity (Wildman–Crippen MR) is 93.0 cm³/mol. The van der Waals surface area contributed by atoms with E-state index in [1.807, 2.05) is 24.3 Å². The summed E-state index contributed by atoms with van der Waals surface area (Å²) in [6, 6.07) is 7.67. The summed E-state index contributed by atoms with van der Waals surface area (Å²) in [5.41, 5.74) is 1.05. The molecule has 0 aromatic heterocycles. The zero-order chi connectivity index (χ0) is 17.8. The van der Waals surface area contributed by atoms with Gasteiger partial charge in [0.15, 0.2) is 0 Å². The Balaban J connectivity index is 1.54. The lowest BCUT2D eigenvalue weighted by Crippen LogP contribution is -2.53. The van der Waals surface area contributed by atoms with Crippen LogP contribution in [0.3, 0.4) is 0 Å². The van der Waals surface area contributed by atoms with Crippen LogP contribution >= 0.6 is 0 Å². The first-order valence-electron chi connectivity index (χ1n) is 8.94. The van der Waals surface area contributed by atoms with Gasteiger partial charge in [-0.3, -0.25) is 9.59 Å². The summed E-state index contributed by atoms with van der Waals surface area (Å²) in [5.74, 6) is 0.660. The van der Waals surface area contributed by atoms with E-state index < -0.39 is 0 Å². The minimum absolute atomic E-state index is 0.0215. The molecule has 2 fully saturated rings. The molecule has 1 aliphatic carbocycles. The summed E-state index contributed by atoms with van der Waals surface area (Å²) in [6.07, 6.45) is 2.62. The van der Waals surface area contributed by atoms with Crippen molar-refractivity contribution in [1.82, 2.24) is 9.80 Å². The maximum Gasteiger partial charge on any atom is 0.242 e. The number of ether oxygens (including phenoxy) is 1. The Kier molecular flexibility index (Phi) is 5.58. The van der Waals surface area contributed by atoms with Gasteiger partial charge in [-0.2, -0.15) is 0 Å². The molecule has 136 valence electrons. The Morgan fingerprint density at radius 3 is 2.64 bits per heavy atom. The van der Waals surface area contributed by atoms with Crippen LogP contribution in [-0.2, 0) is 16.1 Å². The lowest BCUT2D eigenvalue weighted by Gasteiger charge is -2.37. The Hall–Kier alpha value is -2.08. The van der Waals surface area contributed by atoms with Crippen molar-refractivity contribution in [2.75, 3.05) is 26.7 Å². The third-order valence-corrected chi connectivity index (χ3v) is 5.16. The van der Waals surface area contributed by atoms with E-state index in [1.165, 1.54) is 0 Å². The fourth-order valence-electron chi connectivity index (χ4n) is 3.66. The Morgan fingerprint density at radius 2 is 2.00 bits per heavy atom. The van der Waals surface area contributed by atoms with Crippen molar-refractivity contribution in [3.05, 3.63) is 29.8 Å². The number of amides is 2. The van der Waals surface area contributed by atoms with Crippen molar-refractivity contribution in [3.63, 3.8) is 0 Å². The van der Waals surface area contributed by atoms with Crippen LogP contribution in [0.25, 0.3) is 0 Å². The smallest absolute Gasteiger partial charge is 0.242 e. The second-order valence-corrected chi connectivity index (χ2v) is 6.94. The van der Waals surface area contributed by atoms with Crippen LogP contribution in [0.1, 0.15) is 31.2 Å². The molecule has 1 N–H and O–H groups in total. The summed E-state index contributed by atoms with van der Waals surface area (Å²) in [5, 5.41) is 9.77. The van der Waals surface area contributed by atoms with Gasteiger partial charge in [-0.05, 0) is 37.0 Å². The van der Waals surface area contributed by atoms with Crippen LogP contribution < -0.4 is 4.74 Å². The van der Waals surface area contributed by atoms with Gasteiger partial charge in [-0.1, -0.05) is 18.6 Å². The monoisotopic (exact) mass is 346 g/mol. The van der Waals surface area contributed by atoms with Crippen molar-refractivity contribution in [1.29, 1.82) is 0 Å². The summed E-state index contributed by atoms with van der Waals surface area (Å²) in [6.45, 7) is 1.80. The topological polar surface area (TPSA) is 70.1 Å². The molecule has 6 heteroatoms. The van der Waals surface area contributed by atoms with Crippen molar-refractivity contribution < 1.29 is 19.4 Å². The third kappa shape index (κ3) is 4.31. The van der Waals surface area contributed by atoms with Gasteiger partial charge in [0.2, 0.25) is 11.8 Å². The van der Waals surface area contributed by atoms with Gasteiger partial charge < -0.3 is 19.6 Å². The van der Waals surface area contributed by atoms with E-state index in [1.54, 1.807) is 16.9 Å². The van der Waals surface area contributed by atoms with Gasteiger partial charge in [0.25, 0.3) is 0 Å². The number of hydrogen-bond donors (Lipinski definition) is 1.